The van der Waals surface area contributed by atoms with E-state index >= 15 is 0 Å². The standard InChI is InChI=1S/C12H16O3/c1-7-5-9(6-12(15)3-4-12)11(14)10(13)8(7)2/h5,13-15H,3-4,6H2,1-2H3. The summed E-state index contributed by atoms with van der Waals surface area (Å²) >= 11 is 0. The molecule has 1 aliphatic rings. The Kier molecular flexibility index (Phi) is 2.15. The highest BCUT2D eigenvalue weighted by molar-refractivity contribution is 5.53. The molecule has 1 fully saturated rings. The van der Waals surface area contributed by atoms with Crippen LogP contribution >= 0.6 is 0 Å². The van der Waals surface area contributed by atoms with Crippen molar-refractivity contribution in [2.45, 2.75) is 38.7 Å². The largest absolute Gasteiger partial charge is 0.504 e. The number of hydrogen-bond acceptors (Lipinski definition) is 3. The van der Waals surface area contributed by atoms with Gasteiger partial charge in [-0.1, -0.05) is 6.07 Å². The molecule has 0 atom stereocenters. The number of benzene rings is 1. The average Bonchev–Trinajstić information content (AvgIpc) is 2.89. The Morgan fingerprint density at radius 2 is 1.80 bits per heavy atom. The smallest absolute Gasteiger partial charge is 0.161 e. The van der Waals surface area contributed by atoms with Crippen molar-refractivity contribution in [3.63, 3.8) is 0 Å². The number of aromatic hydroxyl groups is 2. The Bertz CT molecular complexity index is 406. The number of rotatable bonds is 2. The molecular formula is C12H16O3. The van der Waals surface area contributed by atoms with Gasteiger partial charge in [-0.3, -0.25) is 0 Å². The Hall–Kier alpha value is -1.22. The summed E-state index contributed by atoms with van der Waals surface area (Å²) in [5, 5.41) is 29.2. The molecule has 0 amide bonds. The van der Waals surface area contributed by atoms with Crippen molar-refractivity contribution < 1.29 is 15.3 Å². The van der Waals surface area contributed by atoms with Crippen molar-refractivity contribution in [3.8, 4) is 11.5 Å². The Balaban J connectivity index is 2.39. The van der Waals surface area contributed by atoms with Gasteiger partial charge in [0.15, 0.2) is 11.5 Å². The molecule has 1 aromatic carbocycles. The van der Waals surface area contributed by atoms with Crippen molar-refractivity contribution in [2.75, 3.05) is 0 Å². The van der Waals surface area contributed by atoms with Crippen LogP contribution < -0.4 is 0 Å². The molecule has 15 heavy (non-hydrogen) atoms. The highest BCUT2D eigenvalue weighted by atomic mass is 16.3. The molecule has 3 heteroatoms. The molecule has 0 saturated heterocycles. The van der Waals surface area contributed by atoms with Crippen LogP contribution in [0.15, 0.2) is 6.07 Å². The van der Waals surface area contributed by atoms with E-state index in [0.29, 0.717) is 17.5 Å². The minimum Gasteiger partial charge on any atom is -0.504 e. The van der Waals surface area contributed by atoms with E-state index < -0.39 is 5.60 Å². The first kappa shape index (κ1) is 10.3. The van der Waals surface area contributed by atoms with E-state index in [2.05, 4.69) is 0 Å². The lowest BCUT2D eigenvalue weighted by Gasteiger charge is -2.13. The zero-order chi connectivity index (χ0) is 11.2. The Morgan fingerprint density at radius 3 is 2.33 bits per heavy atom. The summed E-state index contributed by atoms with van der Waals surface area (Å²) < 4.78 is 0. The molecule has 0 bridgehead atoms. The van der Waals surface area contributed by atoms with E-state index in [1.165, 1.54) is 0 Å². The summed E-state index contributed by atoms with van der Waals surface area (Å²) in [6.45, 7) is 3.65. The van der Waals surface area contributed by atoms with E-state index in [1.807, 2.05) is 13.0 Å². The topological polar surface area (TPSA) is 60.7 Å². The third kappa shape index (κ3) is 1.79. The molecule has 0 unspecified atom stereocenters. The molecule has 0 spiro atoms. The van der Waals surface area contributed by atoms with Gasteiger partial charge in [-0.25, -0.2) is 0 Å². The summed E-state index contributed by atoms with van der Waals surface area (Å²) in [5.41, 5.74) is 1.62. The second-order valence-corrected chi connectivity index (χ2v) is 4.58. The van der Waals surface area contributed by atoms with Crippen LogP contribution in [0.3, 0.4) is 0 Å². The summed E-state index contributed by atoms with van der Waals surface area (Å²) in [6, 6.07) is 1.83. The lowest BCUT2D eigenvalue weighted by Crippen LogP contribution is -2.11. The molecule has 0 aromatic heterocycles. The molecule has 1 saturated carbocycles. The third-order valence-corrected chi connectivity index (χ3v) is 3.21. The molecule has 0 radical (unpaired) electrons. The molecule has 1 aliphatic carbocycles. The summed E-state index contributed by atoms with van der Waals surface area (Å²) in [5.74, 6) is -0.146. The van der Waals surface area contributed by atoms with Gasteiger partial charge in [-0.2, -0.15) is 0 Å². The number of phenols is 2. The second-order valence-electron chi connectivity index (χ2n) is 4.58. The van der Waals surface area contributed by atoms with Gasteiger partial charge in [0.1, 0.15) is 0 Å². The lowest BCUT2D eigenvalue weighted by molar-refractivity contribution is 0.150. The first-order valence-electron chi connectivity index (χ1n) is 5.16. The van der Waals surface area contributed by atoms with Crippen molar-refractivity contribution in [3.05, 3.63) is 22.8 Å². The van der Waals surface area contributed by atoms with Crippen LogP contribution in [-0.2, 0) is 6.42 Å². The minimum absolute atomic E-state index is 0.0609. The maximum Gasteiger partial charge on any atom is 0.161 e. The van der Waals surface area contributed by atoms with E-state index in [4.69, 9.17) is 0 Å². The van der Waals surface area contributed by atoms with Crippen LogP contribution in [0.1, 0.15) is 29.5 Å². The predicted molar refractivity (Wildman–Crippen MR) is 57.1 cm³/mol. The van der Waals surface area contributed by atoms with Crippen LogP contribution in [0.25, 0.3) is 0 Å². The molecule has 3 N–H and O–H groups in total. The molecular weight excluding hydrogens is 192 g/mol. The van der Waals surface area contributed by atoms with E-state index in [9.17, 15) is 15.3 Å². The van der Waals surface area contributed by atoms with Gasteiger partial charge >= 0.3 is 0 Å². The van der Waals surface area contributed by atoms with Crippen LogP contribution in [0.5, 0.6) is 11.5 Å². The van der Waals surface area contributed by atoms with E-state index in [1.54, 1.807) is 6.92 Å². The van der Waals surface area contributed by atoms with Crippen LogP contribution in [0.4, 0.5) is 0 Å². The maximum absolute atomic E-state index is 9.76. The Labute approximate surface area is 89.0 Å². The van der Waals surface area contributed by atoms with Crippen LogP contribution in [0.2, 0.25) is 0 Å². The molecule has 0 aliphatic heterocycles. The fourth-order valence-corrected chi connectivity index (χ4v) is 1.76. The molecule has 3 nitrogen and oxygen atoms in total. The number of hydrogen-bond donors (Lipinski definition) is 3. The van der Waals surface area contributed by atoms with Crippen molar-refractivity contribution in [1.29, 1.82) is 0 Å². The monoisotopic (exact) mass is 208 g/mol. The van der Waals surface area contributed by atoms with Crippen LogP contribution in [0, 0.1) is 13.8 Å². The summed E-state index contributed by atoms with van der Waals surface area (Å²) in [7, 11) is 0. The highest BCUT2D eigenvalue weighted by Gasteiger charge is 2.41. The predicted octanol–water partition coefficient (Wildman–Crippen LogP) is 1.78. The van der Waals surface area contributed by atoms with Gasteiger partial charge in [0.2, 0.25) is 0 Å². The van der Waals surface area contributed by atoms with Gasteiger partial charge in [0, 0.05) is 12.0 Å². The van der Waals surface area contributed by atoms with Gasteiger partial charge in [-0.05, 0) is 37.8 Å². The van der Waals surface area contributed by atoms with Gasteiger partial charge in [0.25, 0.3) is 0 Å². The summed E-state index contributed by atoms with van der Waals surface area (Å²) in [4.78, 5) is 0. The summed E-state index contributed by atoms with van der Waals surface area (Å²) in [6.07, 6.45) is 1.98. The molecule has 2 rings (SSSR count). The van der Waals surface area contributed by atoms with E-state index in [0.717, 1.165) is 18.4 Å². The fourth-order valence-electron chi connectivity index (χ4n) is 1.76. The first-order valence-corrected chi connectivity index (χ1v) is 5.16. The minimum atomic E-state index is -0.647. The zero-order valence-electron chi connectivity index (χ0n) is 9.04. The van der Waals surface area contributed by atoms with Crippen LogP contribution in [-0.4, -0.2) is 20.9 Å². The SMILES string of the molecule is Cc1cc(CC2(O)CC2)c(O)c(O)c1C. The Morgan fingerprint density at radius 1 is 1.20 bits per heavy atom. The lowest BCUT2D eigenvalue weighted by atomic mass is 9.99. The third-order valence-electron chi connectivity index (χ3n) is 3.21. The second kappa shape index (κ2) is 3.14. The van der Waals surface area contributed by atoms with Crippen molar-refractivity contribution in [1.82, 2.24) is 0 Å². The molecule has 0 heterocycles. The van der Waals surface area contributed by atoms with Crippen molar-refractivity contribution in [2.24, 2.45) is 0 Å². The maximum atomic E-state index is 9.76. The number of phenolic OH excluding ortho intramolecular Hbond substituents is 2. The van der Waals surface area contributed by atoms with E-state index in [-0.39, 0.29) is 11.5 Å². The normalized spacial score (nSPS) is 17.8. The highest BCUT2D eigenvalue weighted by Crippen LogP contribution is 2.43. The first-order chi connectivity index (χ1) is 6.93. The van der Waals surface area contributed by atoms with Crippen molar-refractivity contribution >= 4 is 0 Å². The average molecular weight is 208 g/mol. The van der Waals surface area contributed by atoms with Gasteiger partial charge < -0.3 is 15.3 Å². The van der Waals surface area contributed by atoms with Gasteiger partial charge in [-0.15, -0.1) is 0 Å². The molecule has 82 valence electrons. The zero-order valence-corrected chi connectivity index (χ0v) is 9.04. The number of aliphatic hydroxyl groups is 1. The fraction of sp³-hybridized carbons (Fsp3) is 0.500. The molecule has 1 aromatic rings. The van der Waals surface area contributed by atoms with Gasteiger partial charge in [0.05, 0.1) is 5.60 Å². The number of aryl methyl sites for hydroxylation is 1. The quantitative estimate of drug-likeness (QED) is 0.649.